The SMILES string of the molecule is O=C(O)CC[C@H](NC(=O)OCC1c2ccccc2-c2ccccc21)C(=O)NCc1ccco1. The molecule has 8 nitrogen and oxygen atoms in total. The number of alkyl carbamates (subject to hydrolysis) is 1. The smallest absolute Gasteiger partial charge is 0.407 e. The van der Waals surface area contributed by atoms with Crippen molar-refractivity contribution in [2.24, 2.45) is 0 Å². The van der Waals surface area contributed by atoms with Gasteiger partial charge in [-0.05, 0) is 40.8 Å². The zero-order valence-electron chi connectivity index (χ0n) is 17.8. The third kappa shape index (κ3) is 5.23. The molecule has 0 bridgehead atoms. The average Bonchev–Trinajstić information content (AvgIpc) is 3.45. The van der Waals surface area contributed by atoms with Gasteiger partial charge >= 0.3 is 12.1 Å². The number of amides is 2. The Hall–Kier alpha value is -4.07. The normalized spacial score (nSPS) is 13.0. The number of carbonyl (C=O) groups is 3. The predicted molar refractivity (Wildman–Crippen MR) is 119 cm³/mol. The molecule has 33 heavy (non-hydrogen) atoms. The van der Waals surface area contributed by atoms with Crippen LogP contribution in [-0.4, -0.2) is 35.7 Å². The summed E-state index contributed by atoms with van der Waals surface area (Å²) in [5.41, 5.74) is 4.37. The van der Waals surface area contributed by atoms with Gasteiger partial charge in [-0.3, -0.25) is 9.59 Å². The van der Waals surface area contributed by atoms with Crippen molar-refractivity contribution >= 4 is 18.0 Å². The molecule has 2 aromatic carbocycles. The van der Waals surface area contributed by atoms with E-state index in [1.165, 1.54) is 6.26 Å². The first-order valence-electron chi connectivity index (χ1n) is 10.7. The van der Waals surface area contributed by atoms with E-state index in [1.54, 1.807) is 12.1 Å². The monoisotopic (exact) mass is 448 g/mol. The molecule has 0 unspecified atom stereocenters. The highest BCUT2D eigenvalue weighted by Gasteiger charge is 2.30. The van der Waals surface area contributed by atoms with Crippen molar-refractivity contribution in [3.05, 3.63) is 83.8 Å². The van der Waals surface area contributed by atoms with E-state index in [0.717, 1.165) is 22.3 Å². The van der Waals surface area contributed by atoms with Crippen molar-refractivity contribution < 1.29 is 28.6 Å². The van der Waals surface area contributed by atoms with Crippen LogP contribution < -0.4 is 10.6 Å². The van der Waals surface area contributed by atoms with E-state index in [2.05, 4.69) is 10.6 Å². The highest BCUT2D eigenvalue weighted by Crippen LogP contribution is 2.44. The highest BCUT2D eigenvalue weighted by molar-refractivity contribution is 5.86. The Balaban J connectivity index is 1.39. The summed E-state index contributed by atoms with van der Waals surface area (Å²) < 4.78 is 10.7. The number of aliphatic carboxylic acids is 1. The van der Waals surface area contributed by atoms with E-state index in [9.17, 15) is 14.4 Å². The van der Waals surface area contributed by atoms with Crippen molar-refractivity contribution in [1.82, 2.24) is 10.6 Å². The maximum Gasteiger partial charge on any atom is 0.407 e. The number of fused-ring (bicyclic) bond motifs is 3. The summed E-state index contributed by atoms with van der Waals surface area (Å²) >= 11 is 0. The molecule has 0 saturated carbocycles. The van der Waals surface area contributed by atoms with Crippen LogP contribution >= 0.6 is 0 Å². The topological polar surface area (TPSA) is 118 Å². The van der Waals surface area contributed by atoms with Gasteiger partial charge in [0, 0.05) is 12.3 Å². The Labute approximate surface area is 190 Å². The molecule has 2 amide bonds. The number of rotatable bonds is 9. The lowest BCUT2D eigenvalue weighted by molar-refractivity contribution is -0.137. The fraction of sp³-hybridized carbons (Fsp3) is 0.240. The van der Waals surface area contributed by atoms with Crippen LogP contribution in [0.3, 0.4) is 0 Å². The Kier molecular flexibility index (Phi) is 6.73. The third-order valence-electron chi connectivity index (χ3n) is 5.62. The molecule has 1 heterocycles. The Morgan fingerprint density at radius 1 is 0.970 bits per heavy atom. The Morgan fingerprint density at radius 2 is 1.64 bits per heavy atom. The summed E-state index contributed by atoms with van der Waals surface area (Å²) in [5, 5.41) is 14.1. The molecule has 3 aromatic rings. The van der Waals surface area contributed by atoms with Crippen molar-refractivity contribution in [3.8, 4) is 11.1 Å². The van der Waals surface area contributed by atoms with Gasteiger partial charge in [0.1, 0.15) is 18.4 Å². The first-order valence-corrected chi connectivity index (χ1v) is 10.7. The molecule has 1 aliphatic carbocycles. The molecular formula is C25H24N2O6. The molecule has 170 valence electrons. The summed E-state index contributed by atoms with van der Waals surface area (Å²) in [5.74, 6) is -1.15. The zero-order valence-corrected chi connectivity index (χ0v) is 17.8. The molecule has 4 rings (SSSR count). The number of ether oxygens (including phenoxy) is 1. The van der Waals surface area contributed by atoms with E-state index >= 15 is 0 Å². The van der Waals surface area contributed by atoms with Crippen LogP contribution in [0, 0.1) is 0 Å². The molecule has 0 radical (unpaired) electrons. The quantitative estimate of drug-likeness (QED) is 0.460. The minimum Gasteiger partial charge on any atom is -0.481 e. The minimum absolute atomic E-state index is 0.0660. The van der Waals surface area contributed by atoms with Crippen LogP contribution in [0.25, 0.3) is 11.1 Å². The summed E-state index contributed by atoms with van der Waals surface area (Å²) in [4.78, 5) is 36.1. The zero-order chi connectivity index (χ0) is 23.2. The molecule has 8 heteroatoms. The van der Waals surface area contributed by atoms with E-state index in [-0.39, 0.29) is 31.9 Å². The molecule has 1 aliphatic rings. The number of carboxylic acid groups (broad SMARTS) is 1. The van der Waals surface area contributed by atoms with Gasteiger partial charge in [0.25, 0.3) is 0 Å². The van der Waals surface area contributed by atoms with E-state index in [4.69, 9.17) is 14.3 Å². The van der Waals surface area contributed by atoms with Gasteiger partial charge in [0.05, 0.1) is 12.8 Å². The van der Waals surface area contributed by atoms with Crippen LogP contribution in [0.5, 0.6) is 0 Å². The Morgan fingerprint density at radius 3 is 2.24 bits per heavy atom. The molecule has 1 aromatic heterocycles. The van der Waals surface area contributed by atoms with Crippen molar-refractivity contribution in [3.63, 3.8) is 0 Å². The van der Waals surface area contributed by atoms with Crippen molar-refractivity contribution in [2.75, 3.05) is 6.61 Å². The van der Waals surface area contributed by atoms with Crippen molar-refractivity contribution in [2.45, 2.75) is 31.3 Å². The maximum absolute atomic E-state index is 12.6. The molecular weight excluding hydrogens is 424 g/mol. The molecule has 0 aliphatic heterocycles. The number of benzene rings is 2. The predicted octanol–water partition coefficient (Wildman–Crippen LogP) is 3.67. The number of carboxylic acids is 1. The van der Waals surface area contributed by atoms with Crippen LogP contribution in [0.1, 0.15) is 35.6 Å². The van der Waals surface area contributed by atoms with Crippen LogP contribution in [0.2, 0.25) is 0 Å². The number of hydrogen-bond acceptors (Lipinski definition) is 5. The van der Waals surface area contributed by atoms with Gasteiger partial charge in [-0.2, -0.15) is 0 Å². The summed E-state index contributed by atoms with van der Waals surface area (Å²) in [6.07, 6.45) is 0.366. The van der Waals surface area contributed by atoms with E-state index in [1.807, 2.05) is 48.5 Å². The number of hydrogen-bond donors (Lipinski definition) is 3. The third-order valence-corrected chi connectivity index (χ3v) is 5.62. The van der Waals surface area contributed by atoms with Gasteiger partial charge in [-0.1, -0.05) is 48.5 Å². The minimum atomic E-state index is -1.06. The van der Waals surface area contributed by atoms with Crippen molar-refractivity contribution in [1.29, 1.82) is 0 Å². The lowest BCUT2D eigenvalue weighted by Gasteiger charge is -2.19. The van der Waals surface area contributed by atoms with Crippen LogP contribution in [-0.2, 0) is 20.9 Å². The van der Waals surface area contributed by atoms with Crippen LogP contribution in [0.15, 0.2) is 71.3 Å². The van der Waals surface area contributed by atoms with Crippen LogP contribution in [0.4, 0.5) is 4.79 Å². The summed E-state index contributed by atoms with van der Waals surface area (Å²) in [6, 6.07) is 18.3. The molecule has 1 atom stereocenters. The molecule has 3 N–H and O–H groups in total. The second-order valence-electron chi connectivity index (χ2n) is 7.75. The largest absolute Gasteiger partial charge is 0.481 e. The van der Waals surface area contributed by atoms with Gasteiger partial charge in [-0.25, -0.2) is 4.79 Å². The van der Waals surface area contributed by atoms with Gasteiger partial charge in [0.15, 0.2) is 0 Å². The fourth-order valence-electron chi connectivity index (χ4n) is 4.03. The fourth-order valence-corrected chi connectivity index (χ4v) is 4.03. The maximum atomic E-state index is 12.6. The second kappa shape index (κ2) is 10.0. The number of carbonyl (C=O) groups excluding carboxylic acids is 2. The molecule has 0 saturated heterocycles. The number of furan rings is 1. The Bertz CT molecular complexity index is 1100. The number of nitrogens with one attached hydrogen (secondary N) is 2. The van der Waals surface area contributed by atoms with E-state index < -0.39 is 24.0 Å². The standard InChI is InChI=1S/C25H24N2O6/c28-23(29)12-11-22(24(30)26-14-16-6-5-13-32-16)27-25(31)33-15-21-19-9-3-1-7-17(19)18-8-2-4-10-20(18)21/h1-10,13,21-22H,11-12,14-15H2,(H,26,30)(H,27,31)(H,28,29)/t22-/m0/s1. The average molecular weight is 448 g/mol. The second-order valence-corrected chi connectivity index (χ2v) is 7.75. The van der Waals surface area contributed by atoms with Gasteiger partial charge in [-0.15, -0.1) is 0 Å². The summed E-state index contributed by atoms with van der Waals surface area (Å²) in [6.45, 7) is 0.224. The molecule has 0 spiro atoms. The molecule has 0 fully saturated rings. The first kappa shape index (κ1) is 22.1. The van der Waals surface area contributed by atoms with E-state index in [0.29, 0.717) is 5.76 Å². The van der Waals surface area contributed by atoms with Gasteiger partial charge in [0.2, 0.25) is 5.91 Å². The first-order chi connectivity index (χ1) is 16.0. The summed E-state index contributed by atoms with van der Waals surface area (Å²) in [7, 11) is 0. The highest BCUT2D eigenvalue weighted by atomic mass is 16.5. The lowest BCUT2D eigenvalue weighted by Crippen LogP contribution is -2.47. The lowest BCUT2D eigenvalue weighted by atomic mass is 9.98. The van der Waals surface area contributed by atoms with Gasteiger partial charge < -0.3 is 24.9 Å².